The molecule has 2 aromatic rings. The SMILES string of the molecule is CCN1C(=O)c2cc(OC)c(OC)cc2C(C)N1N(C)CCc1ccc(OC)c(OC)c1.Cl. The van der Waals surface area contributed by atoms with Crippen LogP contribution in [0.25, 0.3) is 0 Å². The number of ether oxygens (including phenoxy) is 4. The molecule has 0 fully saturated rings. The van der Waals surface area contributed by atoms with E-state index in [0.717, 1.165) is 17.5 Å². The molecule has 1 unspecified atom stereocenters. The van der Waals surface area contributed by atoms with Gasteiger partial charge in [0.05, 0.1) is 34.5 Å². The fraction of sp³-hybridized carbons (Fsp3) is 0.458. The van der Waals surface area contributed by atoms with Gasteiger partial charge in [0.2, 0.25) is 0 Å². The van der Waals surface area contributed by atoms with E-state index < -0.39 is 0 Å². The first-order valence-electron chi connectivity index (χ1n) is 10.7. The number of nitrogens with zero attached hydrogens (tertiary/aromatic N) is 3. The maximum atomic E-state index is 13.3. The largest absolute Gasteiger partial charge is 0.493 e. The van der Waals surface area contributed by atoms with E-state index in [0.29, 0.717) is 41.7 Å². The molecule has 0 saturated heterocycles. The van der Waals surface area contributed by atoms with Gasteiger partial charge in [0, 0.05) is 25.7 Å². The van der Waals surface area contributed by atoms with Crippen LogP contribution < -0.4 is 18.9 Å². The molecular formula is C24H34ClN3O5. The zero-order valence-corrected chi connectivity index (χ0v) is 21.2. The van der Waals surface area contributed by atoms with Gasteiger partial charge in [-0.3, -0.25) is 9.80 Å². The molecule has 0 aliphatic carbocycles. The van der Waals surface area contributed by atoms with Crippen molar-refractivity contribution in [2.75, 3.05) is 48.6 Å². The van der Waals surface area contributed by atoms with Crippen molar-refractivity contribution in [2.24, 2.45) is 0 Å². The summed E-state index contributed by atoms with van der Waals surface area (Å²) in [6.45, 7) is 5.34. The molecule has 1 atom stereocenters. The Hall–Kier alpha value is -2.68. The van der Waals surface area contributed by atoms with Gasteiger partial charge < -0.3 is 18.9 Å². The molecule has 0 aromatic heterocycles. The first kappa shape index (κ1) is 26.6. The van der Waals surface area contributed by atoms with Crippen LogP contribution in [0.2, 0.25) is 0 Å². The molecule has 3 rings (SSSR count). The van der Waals surface area contributed by atoms with Crippen molar-refractivity contribution in [2.45, 2.75) is 26.3 Å². The van der Waals surface area contributed by atoms with Crippen LogP contribution in [0.15, 0.2) is 30.3 Å². The molecule has 0 saturated carbocycles. The third-order valence-corrected chi connectivity index (χ3v) is 5.89. The van der Waals surface area contributed by atoms with Gasteiger partial charge in [-0.2, -0.15) is 0 Å². The van der Waals surface area contributed by atoms with Crippen LogP contribution >= 0.6 is 12.4 Å². The molecule has 1 aliphatic heterocycles. The molecule has 2 aromatic carbocycles. The summed E-state index contributed by atoms with van der Waals surface area (Å²) in [5.74, 6) is 2.53. The zero-order chi connectivity index (χ0) is 23.4. The number of likely N-dealkylation sites (N-methyl/N-ethyl adjacent to an activating group) is 1. The second kappa shape index (κ2) is 11.4. The van der Waals surface area contributed by atoms with Crippen molar-refractivity contribution in [1.82, 2.24) is 15.1 Å². The number of carbonyl (C=O) groups is 1. The lowest BCUT2D eigenvalue weighted by Crippen LogP contribution is -2.58. The van der Waals surface area contributed by atoms with Gasteiger partial charge >= 0.3 is 0 Å². The minimum absolute atomic E-state index is 0. The molecule has 0 radical (unpaired) electrons. The smallest absolute Gasteiger partial charge is 0.269 e. The molecule has 1 aliphatic rings. The molecule has 1 amide bonds. The maximum absolute atomic E-state index is 13.3. The minimum Gasteiger partial charge on any atom is -0.493 e. The Labute approximate surface area is 202 Å². The quantitative estimate of drug-likeness (QED) is 0.539. The number of hydrogen-bond donors (Lipinski definition) is 0. The van der Waals surface area contributed by atoms with Gasteiger partial charge in [0.25, 0.3) is 5.91 Å². The molecule has 1 heterocycles. The number of amides is 1. The Balaban J connectivity index is 0.00000385. The van der Waals surface area contributed by atoms with Gasteiger partial charge in [-0.05, 0) is 55.7 Å². The van der Waals surface area contributed by atoms with Gasteiger partial charge in [0.15, 0.2) is 23.0 Å². The van der Waals surface area contributed by atoms with Gasteiger partial charge in [-0.15, -0.1) is 17.5 Å². The predicted molar refractivity (Wildman–Crippen MR) is 130 cm³/mol. The number of methoxy groups -OCH3 is 4. The summed E-state index contributed by atoms with van der Waals surface area (Å²) in [7, 11) is 8.44. The van der Waals surface area contributed by atoms with Crippen molar-refractivity contribution >= 4 is 18.3 Å². The average molecular weight is 480 g/mol. The fourth-order valence-electron chi connectivity index (χ4n) is 4.19. The van der Waals surface area contributed by atoms with E-state index >= 15 is 0 Å². The number of halogens is 1. The lowest BCUT2D eigenvalue weighted by atomic mass is 9.97. The third-order valence-electron chi connectivity index (χ3n) is 5.89. The summed E-state index contributed by atoms with van der Waals surface area (Å²) < 4.78 is 21.6. The lowest BCUT2D eigenvalue weighted by molar-refractivity contribution is -0.177. The summed E-state index contributed by atoms with van der Waals surface area (Å²) in [4.78, 5) is 13.3. The summed E-state index contributed by atoms with van der Waals surface area (Å²) in [6, 6.07) is 9.55. The highest BCUT2D eigenvalue weighted by atomic mass is 35.5. The Morgan fingerprint density at radius 3 is 2.06 bits per heavy atom. The van der Waals surface area contributed by atoms with Crippen LogP contribution in [0.4, 0.5) is 0 Å². The predicted octanol–water partition coefficient (Wildman–Crippen LogP) is 3.99. The van der Waals surface area contributed by atoms with Gasteiger partial charge in [-0.1, -0.05) is 6.07 Å². The highest BCUT2D eigenvalue weighted by Crippen LogP contribution is 2.39. The summed E-state index contributed by atoms with van der Waals surface area (Å²) in [6.07, 6.45) is 0.782. The molecule has 0 bridgehead atoms. The third kappa shape index (κ3) is 5.13. The number of carbonyl (C=O) groups excluding carboxylic acids is 1. The fourth-order valence-corrected chi connectivity index (χ4v) is 4.19. The van der Waals surface area contributed by atoms with Crippen molar-refractivity contribution < 1.29 is 23.7 Å². The number of rotatable bonds is 9. The van der Waals surface area contributed by atoms with Crippen LogP contribution in [0.5, 0.6) is 23.0 Å². The Morgan fingerprint density at radius 2 is 1.48 bits per heavy atom. The number of benzene rings is 2. The van der Waals surface area contributed by atoms with Crippen LogP contribution in [0, 0.1) is 0 Å². The minimum atomic E-state index is -0.0575. The zero-order valence-electron chi connectivity index (χ0n) is 20.4. The van der Waals surface area contributed by atoms with Crippen molar-refractivity contribution in [1.29, 1.82) is 0 Å². The van der Waals surface area contributed by atoms with E-state index in [-0.39, 0.29) is 24.4 Å². The average Bonchev–Trinajstić information content (AvgIpc) is 2.83. The van der Waals surface area contributed by atoms with Crippen molar-refractivity contribution in [3.8, 4) is 23.0 Å². The molecule has 182 valence electrons. The molecular weight excluding hydrogens is 446 g/mol. The number of hydrogen-bond acceptors (Lipinski definition) is 7. The van der Waals surface area contributed by atoms with E-state index in [4.69, 9.17) is 18.9 Å². The standard InChI is InChI=1S/C24H33N3O5.ClH/c1-8-26-24(28)19-15-23(32-7)22(31-6)14-18(19)16(2)27(26)25(3)12-11-17-9-10-20(29-4)21(13-17)30-5;/h9-10,13-16H,8,11-12H2,1-7H3;1H. The molecule has 0 N–H and O–H groups in total. The second-order valence-corrected chi connectivity index (χ2v) is 7.63. The Bertz CT molecular complexity index is 971. The second-order valence-electron chi connectivity index (χ2n) is 7.63. The lowest BCUT2D eigenvalue weighted by Gasteiger charge is -2.47. The molecule has 8 nitrogen and oxygen atoms in total. The molecule has 33 heavy (non-hydrogen) atoms. The van der Waals surface area contributed by atoms with Crippen LogP contribution in [0.3, 0.4) is 0 Å². The number of hydrazine groups is 2. The first-order chi connectivity index (χ1) is 15.4. The van der Waals surface area contributed by atoms with E-state index in [9.17, 15) is 4.79 Å². The highest BCUT2D eigenvalue weighted by molar-refractivity contribution is 5.97. The number of fused-ring (bicyclic) bond motifs is 1. The molecule has 0 spiro atoms. The van der Waals surface area contributed by atoms with Crippen LogP contribution in [-0.4, -0.2) is 69.6 Å². The Morgan fingerprint density at radius 1 is 0.909 bits per heavy atom. The maximum Gasteiger partial charge on any atom is 0.269 e. The van der Waals surface area contributed by atoms with E-state index in [1.54, 1.807) is 39.5 Å². The van der Waals surface area contributed by atoms with Crippen molar-refractivity contribution in [3.63, 3.8) is 0 Å². The van der Waals surface area contributed by atoms with Gasteiger partial charge in [0.1, 0.15) is 0 Å². The Kier molecular flexibility index (Phi) is 9.22. The van der Waals surface area contributed by atoms with Crippen LogP contribution in [0.1, 0.15) is 41.4 Å². The van der Waals surface area contributed by atoms with Crippen molar-refractivity contribution in [3.05, 3.63) is 47.0 Å². The summed E-state index contributed by atoms with van der Waals surface area (Å²) in [5, 5.41) is 5.88. The summed E-state index contributed by atoms with van der Waals surface area (Å²) >= 11 is 0. The summed E-state index contributed by atoms with van der Waals surface area (Å²) in [5.41, 5.74) is 2.68. The van der Waals surface area contributed by atoms with E-state index in [1.807, 2.05) is 43.4 Å². The topological polar surface area (TPSA) is 63.7 Å². The normalized spacial score (nSPS) is 15.7. The van der Waals surface area contributed by atoms with Crippen LogP contribution in [-0.2, 0) is 6.42 Å². The monoisotopic (exact) mass is 479 g/mol. The highest BCUT2D eigenvalue weighted by Gasteiger charge is 2.38. The molecule has 9 heteroatoms. The van der Waals surface area contributed by atoms with E-state index in [2.05, 4.69) is 11.9 Å². The van der Waals surface area contributed by atoms with E-state index in [1.165, 1.54) is 0 Å². The van der Waals surface area contributed by atoms with Gasteiger partial charge in [-0.25, -0.2) is 5.01 Å². The first-order valence-corrected chi connectivity index (χ1v) is 10.7.